The summed E-state index contributed by atoms with van der Waals surface area (Å²) in [5.41, 5.74) is 3.30. The molecule has 20 heavy (non-hydrogen) atoms. The first-order valence-electron chi connectivity index (χ1n) is 6.66. The largest absolute Gasteiger partial charge is 0.315 e. The number of para-hydroxylation sites is 3. The van der Waals surface area contributed by atoms with Crippen LogP contribution in [-0.4, -0.2) is 22.4 Å². The van der Waals surface area contributed by atoms with Gasteiger partial charge in [0, 0.05) is 25.0 Å². The fourth-order valence-corrected chi connectivity index (χ4v) is 2.61. The van der Waals surface area contributed by atoms with Gasteiger partial charge in [0.1, 0.15) is 0 Å². The van der Waals surface area contributed by atoms with E-state index in [1.54, 1.807) is 0 Å². The Balaban J connectivity index is 2.12. The summed E-state index contributed by atoms with van der Waals surface area (Å²) in [7, 11) is 2.05. The Morgan fingerprint density at radius 1 is 1.05 bits per heavy atom. The van der Waals surface area contributed by atoms with E-state index in [1.165, 1.54) is 0 Å². The van der Waals surface area contributed by atoms with Crippen molar-refractivity contribution in [2.75, 3.05) is 17.7 Å². The molecule has 3 nitrogen and oxygen atoms in total. The van der Waals surface area contributed by atoms with Crippen molar-refractivity contribution in [1.82, 2.24) is 9.55 Å². The molecule has 0 amide bonds. The lowest BCUT2D eigenvalue weighted by molar-refractivity contribution is 0.787. The summed E-state index contributed by atoms with van der Waals surface area (Å²) in [4.78, 5) is 6.88. The Morgan fingerprint density at radius 2 is 1.75 bits per heavy atom. The molecule has 0 radical (unpaired) electrons. The molecule has 0 fully saturated rings. The Kier molecular flexibility index (Phi) is 3.65. The molecule has 0 unspecified atom stereocenters. The molecule has 0 saturated heterocycles. The van der Waals surface area contributed by atoms with E-state index < -0.39 is 0 Å². The number of aromatic nitrogens is 2. The number of thiol groups is 1. The second-order valence-corrected chi connectivity index (χ2v) is 5.12. The molecular weight excluding hydrogens is 266 g/mol. The lowest BCUT2D eigenvalue weighted by Crippen LogP contribution is -2.16. The van der Waals surface area contributed by atoms with Gasteiger partial charge >= 0.3 is 0 Å². The highest BCUT2D eigenvalue weighted by Gasteiger charge is 2.14. The number of fused-ring (bicyclic) bond motifs is 1. The van der Waals surface area contributed by atoms with E-state index in [0.717, 1.165) is 35.0 Å². The Hall–Kier alpha value is -1.94. The van der Waals surface area contributed by atoms with Gasteiger partial charge in [0.2, 0.25) is 5.95 Å². The molecule has 102 valence electrons. The van der Waals surface area contributed by atoms with Crippen LogP contribution < -0.4 is 4.90 Å². The summed E-state index contributed by atoms with van der Waals surface area (Å²) in [5.74, 6) is 1.74. The van der Waals surface area contributed by atoms with Gasteiger partial charge in [0.25, 0.3) is 0 Å². The lowest BCUT2D eigenvalue weighted by atomic mass is 10.3. The van der Waals surface area contributed by atoms with Gasteiger partial charge in [-0.2, -0.15) is 12.6 Å². The van der Waals surface area contributed by atoms with Crippen LogP contribution in [0.5, 0.6) is 0 Å². The summed E-state index contributed by atoms with van der Waals surface area (Å²) >= 11 is 4.37. The highest BCUT2D eigenvalue weighted by atomic mass is 32.1. The van der Waals surface area contributed by atoms with Crippen LogP contribution in [0, 0.1) is 0 Å². The van der Waals surface area contributed by atoms with Crippen LogP contribution in [0.15, 0.2) is 54.6 Å². The summed E-state index contributed by atoms with van der Waals surface area (Å²) in [5, 5.41) is 0. The predicted molar refractivity (Wildman–Crippen MR) is 88.1 cm³/mol. The average Bonchev–Trinajstić information content (AvgIpc) is 2.87. The molecule has 0 aliphatic rings. The molecule has 4 heteroatoms. The fourth-order valence-electron chi connectivity index (χ4n) is 2.41. The molecule has 2 aromatic carbocycles. The van der Waals surface area contributed by atoms with Crippen molar-refractivity contribution >= 4 is 35.3 Å². The van der Waals surface area contributed by atoms with Crippen LogP contribution >= 0.6 is 12.6 Å². The van der Waals surface area contributed by atoms with Crippen molar-refractivity contribution in [3.8, 4) is 0 Å². The summed E-state index contributed by atoms with van der Waals surface area (Å²) in [6.07, 6.45) is 0. The van der Waals surface area contributed by atoms with Gasteiger partial charge in [-0.05, 0) is 24.3 Å². The Labute approximate surface area is 124 Å². The number of anilines is 2. The Bertz CT molecular complexity index is 706. The van der Waals surface area contributed by atoms with Crippen molar-refractivity contribution in [3.05, 3.63) is 54.6 Å². The summed E-state index contributed by atoms with van der Waals surface area (Å²) < 4.78 is 2.22. The minimum absolute atomic E-state index is 0.788. The van der Waals surface area contributed by atoms with E-state index in [0.29, 0.717) is 0 Å². The zero-order valence-corrected chi connectivity index (χ0v) is 12.3. The normalized spacial score (nSPS) is 10.9. The molecular formula is C16H17N3S. The number of aryl methyl sites for hydroxylation is 1. The molecule has 3 aromatic rings. The van der Waals surface area contributed by atoms with E-state index in [9.17, 15) is 0 Å². The molecule has 1 heterocycles. The minimum atomic E-state index is 0.788. The van der Waals surface area contributed by atoms with Gasteiger partial charge in [-0.25, -0.2) is 4.98 Å². The van der Waals surface area contributed by atoms with Crippen LogP contribution in [0.4, 0.5) is 11.6 Å². The van der Waals surface area contributed by atoms with Gasteiger partial charge in [-0.1, -0.05) is 30.3 Å². The topological polar surface area (TPSA) is 21.1 Å². The van der Waals surface area contributed by atoms with E-state index in [2.05, 4.69) is 40.3 Å². The first-order valence-corrected chi connectivity index (χ1v) is 7.29. The maximum Gasteiger partial charge on any atom is 0.210 e. The minimum Gasteiger partial charge on any atom is -0.315 e. The van der Waals surface area contributed by atoms with E-state index in [-0.39, 0.29) is 0 Å². The number of rotatable bonds is 4. The first kappa shape index (κ1) is 13.1. The second-order valence-electron chi connectivity index (χ2n) is 4.67. The third-order valence-corrected chi connectivity index (χ3v) is 3.60. The van der Waals surface area contributed by atoms with Crippen LogP contribution in [0.25, 0.3) is 11.0 Å². The van der Waals surface area contributed by atoms with E-state index in [4.69, 9.17) is 4.98 Å². The maximum absolute atomic E-state index is 4.76. The standard InChI is InChI=1S/C16H17N3S/c1-18(13-7-3-2-4-8-13)16-17-14-9-5-6-10-15(14)19(16)11-12-20/h2-10,20H,11-12H2,1H3. The van der Waals surface area contributed by atoms with Gasteiger partial charge in [-0.15, -0.1) is 0 Å². The van der Waals surface area contributed by atoms with Gasteiger partial charge in [-0.3, -0.25) is 0 Å². The zero-order valence-electron chi connectivity index (χ0n) is 11.4. The molecule has 0 N–H and O–H groups in total. The van der Waals surface area contributed by atoms with Crippen molar-refractivity contribution in [3.63, 3.8) is 0 Å². The fraction of sp³-hybridized carbons (Fsp3) is 0.188. The summed E-state index contributed by atoms with van der Waals surface area (Å²) in [6.45, 7) is 0.843. The van der Waals surface area contributed by atoms with Gasteiger partial charge < -0.3 is 9.47 Å². The van der Waals surface area contributed by atoms with Crippen molar-refractivity contribution in [1.29, 1.82) is 0 Å². The van der Waals surface area contributed by atoms with E-state index in [1.807, 2.05) is 43.4 Å². The molecule has 0 saturated carbocycles. The van der Waals surface area contributed by atoms with E-state index >= 15 is 0 Å². The van der Waals surface area contributed by atoms with Crippen molar-refractivity contribution in [2.45, 2.75) is 6.54 Å². The molecule has 0 atom stereocenters. The highest BCUT2D eigenvalue weighted by molar-refractivity contribution is 7.80. The molecule has 0 aliphatic carbocycles. The maximum atomic E-state index is 4.76. The third-order valence-electron chi connectivity index (χ3n) is 3.40. The first-order chi connectivity index (χ1) is 9.81. The van der Waals surface area contributed by atoms with Gasteiger partial charge in [0.15, 0.2) is 0 Å². The smallest absolute Gasteiger partial charge is 0.210 e. The number of benzene rings is 2. The van der Waals surface area contributed by atoms with Crippen molar-refractivity contribution < 1.29 is 0 Å². The Morgan fingerprint density at radius 3 is 2.50 bits per heavy atom. The molecule has 0 aliphatic heterocycles. The number of imidazole rings is 1. The quantitative estimate of drug-likeness (QED) is 0.737. The monoisotopic (exact) mass is 283 g/mol. The molecule has 0 bridgehead atoms. The average molecular weight is 283 g/mol. The molecule has 3 rings (SSSR count). The highest BCUT2D eigenvalue weighted by Crippen LogP contribution is 2.27. The molecule has 1 aromatic heterocycles. The van der Waals surface area contributed by atoms with Crippen LogP contribution in [-0.2, 0) is 6.54 Å². The van der Waals surface area contributed by atoms with Crippen LogP contribution in [0.3, 0.4) is 0 Å². The second kappa shape index (κ2) is 5.59. The third kappa shape index (κ3) is 2.27. The predicted octanol–water partition coefficient (Wildman–Crippen LogP) is 3.73. The van der Waals surface area contributed by atoms with Crippen molar-refractivity contribution in [2.24, 2.45) is 0 Å². The van der Waals surface area contributed by atoms with Crippen LogP contribution in [0.1, 0.15) is 0 Å². The van der Waals surface area contributed by atoms with Gasteiger partial charge in [0.05, 0.1) is 11.0 Å². The molecule has 0 spiro atoms. The summed E-state index contributed by atoms with van der Waals surface area (Å²) in [6, 6.07) is 18.5. The lowest BCUT2D eigenvalue weighted by Gasteiger charge is -2.19. The zero-order chi connectivity index (χ0) is 13.9. The van der Waals surface area contributed by atoms with Crippen LogP contribution in [0.2, 0.25) is 0 Å². The number of nitrogens with zero attached hydrogens (tertiary/aromatic N) is 3. The number of hydrogen-bond acceptors (Lipinski definition) is 3. The SMILES string of the molecule is CN(c1ccccc1)c1nc2ccccc2n1CCS. The number of hydrogen-bond donors (Lipinski definition) is 1.